The molecule has 1 aliphatic rings. The summed E-state index contributed by atoms with van der Waals surface area (Å²) in [5.41, 5.74) is 11.2. The largest absolute Gasteiger partial charge is 0.444 e. The highest BCUT2D eigenvalue weighted by Crippen LogP contribution is 2.28. The Labute approximate surface area is 230 Å². The van der Waals surface area contributed by atoms with Crippen LogP contribution in [0.2, 0.25) is 10.0 Å². The van der Waals surface area contributed by atoms with Crippen LogP contribution in [0.1, 0.15) is 51.9 Å². The number of aromatic nitrogens is 4. The van der Waals surface area contributed by atoms with Crippen molar-refractivity contribution in [2.75, 3.05) is 36.4 Å². The number of hydrogen-bond donors (Lipinski definition) is 3. The van der Waals surface area contributed by atoms with Gasteiger partial charge in [0.15, 0.2) is 5.82 Å². The van der Waals surface area contributed by atoms with Gasteiger partial charge >= 0.3 is 6.09 Å². The summed E-state index contributed by atoms with van der Waals surface area (Å²) < 4.78 is 7.28. The topological polar surface area (TPSA) is 154 Å². The molecule has 13 heteroatoms. The van der Waals surface area contributed by atoms with E-state index in [1.54, 1.807) is 27.7 Å². The van der Waals surface area contributed by atoms with Gasteiger partial charge in [0.1, 0.15) is 22.3 Å². The van der Waals surface area contributed by atoms with E-state index < -0.39 is 5.60 Å². The highest BCUT2D eigenvalue weighted by Gasteiger charge is 2.28. The summed E-state index contributed by atoms with van der Waals surface area (Å²) in [5.74, 6) is 0.957. The minimum Gasteiger partial charge on any atom is -0.444 e. The molecule has 1 aliphatic heterocycles. The molecule has 0 aliphatic carbocycles. The van der Waals surface area contributed by atoms with E-state index in [2.05, 4.69) is 15.3 Å². The Morgan fingerprint density at radius 1 is 1.16 bits per heavy atom. The Balaban J connectivity index is 1.63. The fraction of sp³-hybridized carbons (Fsp3) is 0.480. The summed E-state index contributed by atoms with van der Waals surface area (Å²) in [6, 6.07) is 5.04. The molecule has 11 nitrogen and oxygen atoms in total. The van der Waals surface area contributed by atoms with Crippen molar-refractivity contribution in [2.45, 2.75) is 58.1 Å². The first kappa shape index (κ1) is 27.7. The van der Waals surface area contributed by atoms with E-state index in [0.717, 1.165) is 0 Å². The summed E-state index contributed by atoms with van der Waals surface area (Å²) in [4.78, 5) is 40.9. The molecule has 204 valence electrons. The summed E-state index contributed by atoms with van der Waals surface area (Å²) in [5, 5.41) is 4.00. The first-order valence-electron chi connectivity index (χ1n) is 12.4. The van der Waals surface area contributed by atoms with E-state index in [-0.39, 0.29) is 34.5 Å². The summed E-state index contributed by atoms with van der Waals surface area (Å²) >= 11 is 12.6. The number of likely N-dealkylation sites (tertiary alicyclic amines) is 1. The van der Waals surface area contributed by atoms with Crippen LogP contribution in [0.25, 0.3) is 10.9 Å². The Hall–Kier alpha value is -3.31. The van der Waals surface area contributed by atoms with Crippen LogP contribution in [-0.2, 0) is 11.2 Å². The van der Waals surface area contributed by atoms with Gasteiger partial charge in [0.05, 0.1) is 15.9 Å². The van der Waals surface area contributed by atoms with Crippen molar-refractivity contribution in [3.8, 4) is 0 Å². The minimum absolute atomic E-state index is 0.00206. The van der Waals surface area contributed by atoms with Gasteiger partial charge in [-0.3, -0.25) is 9.36 Å². The first-order chi connectivity index (χ1) is 17.9. The van der Waals surface area contributed by atoms with Gasteiger partial charge in [0, 0.05) is 32.1 Å². The van der Waals surface area contributed by atoms with Crippen LogP contribution in [0.5, 0.6) is 0 Å². The molecule has 2 aromatic heterocycles. The van der Waals surface area contributed by atoms with Crippen molar-refractivity contribution in [1.29, 1.82) is 0 Å². The molecule has 38 heavy (non-hydrogen) atoms. The maximum Gasteiger partial charge on any atom is 0.410 e. The fourth-order valence-corrected chi connectivity index (χ4v) is 4.94. The van der Waals surface area contributed by atoms with Crippen molar-refractivity contribution >= 4 is 57.8 Å². The molecule has 0 saturated carbocycles. The number of carbonyl (C=O) groups excluding carboxylic acids is 1. The number of nitrogens with one attached hydrogen (secondary N) is 1. The fourth-order valence-electron chi connectivity index (χ4n) is 4.54. The predicted molar refractivity (Wildman–Crippen MR) is 150 cm³/mol. The third-order valence-corrected chi connectivity index (χ3v) is 6.89. The number of anilines is 3. The summed E-state index contributed by atoms with van der Waals surface area (Å²) in [6.45, 7) is 6.88. The van der Waals surface area contributed by atoms with E-state index in [1.165, 1.54) is 0 Å². The highest BCUT2D eigenvalue weighted by molar-refractivity contribution is 6.35. The maximum absolute atomic E-state index is 13.8. The molecule has 1 fully saturated rings. The van der Waals surface area contributed by atoms with Crippen LogP contribution in [0.15, 0.2) is 23.0 Å². The van der Waals surface area contributed by atoms with E-state index >= 15 is 0 Å². The molecule has 0 spiro atoms. The Morgan fingerprint density at radius 3 is 2.66 bits per heavy atom. The summed E-state index contributed by atoms with van der Waals surface area (Å²) in [7, 11) is 0. The third-order valence-electron chi connectivity index (χ3n) is 6.20. The molecule has 1 unspecified atom stereocenters. The molecular formula is C25H32Cl2N8O3. The monoisotopic (exact) mass is 562 g/mol. The van der Waals surface area contributed by atoms with Crippen molar-refractivity contribution in [1.82, 2.24) is 24.4 Å². The van der Waals surface area contributed by atoms with Crippen LogP contribution < -0.4 is 22.3 Å². The van der Waals surface area contributed by atoms with E-state index in [4.69, 9.17) is 44.4 Å². The van der Waals surface area contributed by atoms with Gasteiger partial charge in [-0.05, 0) is 52.2 Å². The number of nitrogens with zero attached hydrogens (tertiary/aromatic N) is 5. The predicted octanol–water partition coefficient (Wildman–Crippen LogP) is 4.27. The molecule has 1 amide bonds. The minimum atomic E-state index is -0.583. The Bertz CT molecular complexity index is 1410. The second-order valence-corrected chi connectivity index (χ2v) is 11.0. The second kappa shape index (κ2) is 11.2. The number of benzene rings is 1. The van der Waals surface area contributed by atoms with Gasteiger partial charge in [0.25, 0.3) is 5.56 Å². The smallest absolute Gasteiger partial charge is 0.410 e. The Kier molecular flexibility index (Phi) is 8.17. The average molecular weight is 563 g/mol. The van der Waals surface area contributed by atoms with Crippen LogP contribution >= 0.6 is 23.2 Å². The van der Waals surface area contributed by atoms with Crippen molar-refractivity contribution in [2.24, 2.45) is 0 Å². The van der Waals surface area contributed by atoms with Gasteiger partial charge in [-0.1, -0.05) is 29.3 Å². The van der Waals surface area contributed by atoms with Gasteiger partial charge in [0.2, 0.25) is 5.95 Å². The van der Waals surface area contributed by atoms with E-state index in [0.29, 0.717) is 72.9 Å². The van der Waals surface area contributed by atoms with E-state index in [1.807, 2.05) is 20.8 Å². The molecule has 4 rings (SSSR count). The van der Waals surface area contributed by atoms with Gasteiger partial charge in [-0.15, -0.1) is 0 Å². The number of nitrogens with two attached hydrogens (primary N) is 2. The maximum atomic E-state index is 13.8. The quantitative estimate of drug-likeness (QED) is 0.413. The number of halogens is 2. The number of rotatable bonds is 5. The number of amides is 1. The van der Waals surface area contributed by atoms with Gasteiger partial charge in [-0.2, -0.15) is 9.97 Å². The van der Waals surface area contributed by atoms with Crippen LogP contribution in [0, 0.1) is 0 Å². The molecule has 0 bridgehead atoms. The zero-order valence-corrected chi connectivity index (χ0v) is 23.1. The van der Waals surface area contributed by atoms with Crippen LogP contribution in [-0.4, -0.2) is 55.7 Å². The van der Waals surface area contributed by atoms with E-state index in [9.17, 15) is 9.59 Å². The zero-order valence-electron chi connectivity index (χ0n) is 21.6. The Morgan fingerprint density at radius 2 is 1.92 bits per heavy atom. The molecule has 1 saturated heterocycles. The molecule has 1 atom stereocenters. The van der Waals surface area contributed by atoms with Crippen molar-refractivity contribution in [3.63, 3.8) is 0 Å². The first-order valence-corrected chi connectivity index (χ1v) is 13.2. The molecule has 3 aromatic rings. The van der Waals surface area contributed by atoms with Gasteiger partial charge < -0.3 is 26.4 Å². The number of hydrogen-bond acceptors (Lipinski definition) is 9. The lowest BCUT2D eigenvalue weighted by atomic mass is 10.1. The normalized spacial score (nSPS) is 16.3. The molecule has 0 radical (unpaired) electrons. The molecular weight excluding hydrogens is 531 g/mol. The summed E-state index contributed by atoms with van der Waals surface area (Å²) in [6.07, 6.45) is 2.01. The number of nitrogen functional groups attached to an aromatic ring is 2. The van der Waals surface area contributed by atoms with Crippen LogP contribution in [0.3, 0.4) is 0 Å². The standard InChI is InChI=1S/C25H32Cl2N8O3/c1-25(2,3)38-24(37)34-12-5-6-14(10-13-34)35-17(31-16-8-4-7-15(26)18(16)22(35)36)9-11-30-21-19(27)20(28)32-23(29)33-21/h4,7-8,14H,5-6,9-13H2,1-3H3,(H5,28,29,30,32,33). The lowest BCUT2D eigenvalue weighted by molar-refractivity contribution is 0.0255. The lowest BCUT2D eigenvalue weighted by Crippen LogP contribution is -2.37. The van der Waals surface area contributed by atoms with Crippen molar-refractivity contribution in [3.05, 3.63) is 44.4 Å². The van der Waals surface area contributed by atoms with Gasteiger partial charge in [-0.25, -0.2) is 9.78 Å². The van der Waals surface area contributed by atoms with Crippen LogP contribution in [0.4, 0.5) is 22.4 Å². The SMILES string of the molecule is CC(C)(C)OC(=O)N1CCCC(n2c(CCNc3nc(N)nc(N)c3Cl)nc3cccc(Cl)c3c2=O)CC1. The molecule has 5 N–H and O–H groups in total. The molecule has 3 heterocycles. The molecule has 1 aromatic carbocycles. The lowest BCUT2D eigenvalue weighted by Gasteiger charge is -2.26. The number of carbonyl (C=O) groups is 1. The number of ether oxygens (including phenoxy) is 1. The highest BCUT2D eigenvalue weighted by atomic mass is 35.5. The zero-order chi connectivity index (χ0) is 27.6. The third kappa shape index (κ3) is 6.21. The van der Waals surface area contributed by atoms with Crippen molar-refractivity contribution < 1.29 is 9.53 Å². The number of fused-ring (bicyclic) bond motifs is 1. The average Bonchev–Trinajstić information content (AvgIpc) is 3.07. The second-order valence-electron chi connectivity index (χ2n) is 10.2.